The summed E-state index contributed by atoms with van der Waals surface area (Å²) >= 11 is 0. The zero-order valence-corrected chi connectivity index (χ0v) is 13.6. The highest BCUT2D eigenvalue weighted by Gasteiger charge is 2.40. The number of ether oxygens (including phenoxy) is 1. The molecule has 0 amide bonds. The van der Waals surface area contributed by atoms with Crippen molar-refractivity contribution in [2.75, 3.05) is 6.61 Å². The van der Waals surface area contributed by atoms with Gasteiger partial charge in [0.2, 0.25) is 0 Å². The number of rotatable bonds is 7. The maximum atomic E-state index is 9.73. The molecule has 3 nitrogen and oxygen atoms in total. The predicted octanol–water partition coefficient (Wildman–Crippen LogP) is 3.30. The molecule has 1 aromatic rings. The Bertz CT molecular complexity index is 429. The van der Waals surface area contributed by atoms with Crippen LogP contribution >= 0.6 is 0 Å². The quantitative estimate of drug-likeness (QED) is 0.810. The number of aliphatic hydroxyl groups is 1. The van der Waals surface area contributed by atoms with Gasteiger partial charge in [-0.2, -0.15) is 0 Å². The number of nitrogens with one attached hydrogen (secondary N) is 1. The lowest BCUT2D eigenvalue weighted by Crippen LogP contribution is -2.50. The van der Waals surface area contributed by atoms with Crippen LogP contribution in [0.25, 0.3) is 0 Å². The van der Waals surface area contributed by atoms with E-state index in [1.54, 1.807) is 0 Å². The molecule has 3 heteroatoms. The second-order valence-electron chi connectivity index (χ2n) is 6.61. The lowest BCUT2D eigenvalue weighted by atomic mass is 9.97. The van der Waals surface area contributed by atoms with Crippen molar-refractivity contribution in [3.05, 3.63) is 29.8 Å². The van der Waals surface area contributed by atoms with Gasteiger partial charge in [0.25, 0.3) is 0 Å². The summed E-state index contributed by atoms with van der Waals surface area (Å²) in [6, 6.07) is 8.82. The zero-order chi connectivity index (χ0) is 15.3. The van der Waals surface area contributed by atoms with Crippen LogP contribution in [0.15, 0.2) is 24.3 Å². The number of hydrogen-bond acceptors (Lipinski definition) is 3. The fourth-order valence-corrected chi connectivity index (χ4v) is 3.33. The Morgan fingerprint density at radius 1 is 1.33 bits per heavy atom. The van der Waals surface area contributed by atoms with Crippen molar-refractivity contribution in [1.29, 1.82) is 0 Å². The average molecular weight is 291 g/mol. The molecule has 1 aromatic carbocycles. The second-order valence-corrected chi connectivity index (χ2v) is 6.61. The highest BCUT2D eigenvalue weighted by atomic mass is 16.5. The molecule has 0 bridgehead atoms. The molecule has 1 saturated carbocycles. The molecular weight excluding hydrogens is 262 g/mol. The lowest BCUT2D eigenvalue weighted by Gasteiger charge is -2.30. The molecule has 2 N–H and O–H groups in total. The molecule has 0 aliphatic heterocycles. The third-order valence-corrected chi connectivity index (χ3v) is 4.23. The molecule has 0 radical (unpaired) electrons. The van der Waals surface area contributed by atoms with Crippen LogP contribution in [0.1, 0.15) is 52.0 Å². The number of aryl methyl sites for hydroxylation is 1. The van der Waals surface area contributed by atoms with E-state index in [2.05, 4.69) is 50.4 Å². The van der Waals surface area contributed by atoms with Crippen LogP contribution in [0.5, 0.6) is 5.75 Å². The smallest absolute Gasteiger partial charge is 0.119 e. The SMILES string of the molecule is CCCc1ccc(OC2CCC(CO)(NC(C)C)C2)cc1. The molecule has 0 heterocycles. The van der Waals surface area contributed by atoms with Gasteiger partial charge in [-0.3, -0.25) is 0 Å². The first kappa shape index (κ1) is 16.3. The first-order valence-electron chi connectivity index (χ1n) is 8.21. The molecule has 0 aromatic heterocycles. The fraction of sp³-hybridized carbons (Fsp3) is 0.667. The van der Waals surface area contributed by atoms with Gasteiger partial charge in [-0.25, -0.2) is 0 Å². The van der Waals surface area contributed by atoms with Crippen molar-refractivity contribution in [1.82, 2.24) is 5.32 Å². The van der Waals surface area contributed by atoms with E-state index in [0.717, 1.165) is 31.4 Å². The summed E-state index contributed by atoms with van der Waals surface area (Å²) in [5.74, 6) is 0.943. The summed E-state index contributed by atoms with van der Waals surface area (Å²) in [7, 11) is 0. The zero-order valence-electron chi connectivity index (χ0n) is 13.6. The monoisotopic (exact) mass is 291 g/mol. The summed E-state index contributed by atoms with van der Waals surface area (Å²) in [6.45, 7) is 6.62. The fourth-order valence-electron chi connectivity index (χ4n) is 3.33. The van der Waals surface area contributed by atoms with Crippen molar-refractivity contribution in [2.45, 2.75) is 70.6 Å². The molecule has 118 valence electrons. The third-order valence-electron chi connectivity index (χ3n) is 4.23. The van der Waals surface area contributed by atoms with Gasteiger partial charge in [0.05, 0.1) is 6.61 Å². The Hall–Kier alpha value is -1.06. The van der Waals surface area contributed by atoms with Crippen molar-refractivity contribution in [3.8, 4) is 5.75 Å². The van der Waals surface area contributed by atoms with E-state index < -0.39 is 0 Å². The highest BCUT2D eigenvalue weighted by Crippen LogP contribution is 2.33. The molecule has 0 saturated heterocycles. The Labute approximate surface area is 128 Å². The highest BCUT2D eigenvalue weighted by molar-refractivity contribution is 5.27. The van der Waals surface area contributed by atoms with Gasteiger partial charge in [-0.05, 0) is 37.0 Å². The maximum absolute atomic E-state index is 9.73. The van der Waals surface area contributed by atoms with Crippen molar-refractivity contribution in [2.24, 2.45) is 0 Å². The Morgan fingerprint density at radius 3 is 2.62 bits per heavy atom. The van der Waals surface area contributed by atoms with Crippen LogP contribution in [0.3, 0.4) is 0 Å². The van der Waals surface area contributed by atoms with E-state index in [1.807, 2.05) is 0 Å². The average Bonchev–Trinajstić information content (AvgIpc) is 2.84. The summed E-state index contributed by atoms with van der Waals surface area (Å²) in [5, 5.41) is 13.2. The van der Waals surface area contributed by atoms with Gasteiger partial charge >= 0.3 is 0 Å². The Kier molecular flexibility index (Phi) is 5.65. The van der Waals surface area contributed by atoms with E-state index >= 15 is 0 Å². The normalized spacial score (nSPS) is 25.5. The standard InChI is InChI=1S/C18H29NO2/c1-4-5-15-6-8-16(9-7-15)21-17-10-11-18(12-17,13-20)19-14(2)3/h6-9,14,17,19-20H,4-5,10-13H2,1-3H3. The first-order chi connectivity index (χ1) is 10.1. The van der Waals surface area contributed by atoms with E-state index in [0.29, 0.717) is 6.04 Å². The largest absolute Gasteiger partial charge is 0.490 e. The van der Waals surface area contributed by atoms with Gasteiger partial charge in [-0.15, -0.1) is 0 Å². The second kappa shape index (κ2) is 7.28. The van der Waals surface area contributed by atoms with Crippen molar-refractivity contribution >= 4 is 0 Å². The third kappa shape index (κ3) is 4.45. The van der Waals surface area contributed by atoms with Gasteiger partial charge in [-0.1, -0.05) is 39.3 Å². The van der Waals surface area contributed by atoms with Crippen LogP contribution in [0, 0.1) is 0 Å². The lowest BCUT2D eigenvalue weighted by molar-refractivity contribution is 0.133. The first-order valence-corrected chi connectivity index (χ1v) is 8.21. The van der Waals surface area contributed by atoms with Crippen LogP contribution in [0.4, 0.5) is 0 Å². The molecule has 2 unspecified atom stereocenters. The van der Waals surface area contributed by atoms with E-state index in [9.17, 15) is 5.11 Å². The molecule has 2 rings (SSSR count). The molecule has 2 atom stereocenters. The van der Waals surface area contributed by atoms with Gasteiger partial charge in [0, 0.05) is 18.0 Å². The predicted molar refractivity (Wildman–Crippen MR) is 86.8 cm³/mol. The summed E-state index contributed by atoms with van der Waals surface area (Å²) in [6.07, 6.45) is 5.33. The van der Waals surface area contributed by atoms with E-state index in [-0.39, 0.29) is 18.2 Å². The van der Waals surface area contributed by atoms with Gasteiger partial charge < -0.3 is 15.2 Å². The summed E-state index contributed by atoms with van der Waals surface area (Å²) in [5.41, 5.74) is 1.20. The molecular formula is C18H29NO2. The van der Waals surface area contributed by atoms with E-state index in [4.69, 9.17) is 4.74 Å². The molecule has 1 aliphatic carbocycles. The van der Waals surface area contributed by atoms with Crippen LogP contribution in [-0.4, -0.2) is 29.4 Å². The molecule has 21 heavy (non-hydrogen) atoms. The van der Waals surface area contributed by atoms with Crippen molar-refractivity contribution in [3.63, 3.8) is 0 Å². The topological polar surface area (TPSA) is 41.5 Å². The van der Waals surface area contributed by atoms with Gasteiger partial charge in [0.15, 0.2) is 0 Å². The minimum atomic E-state index is -0.166. The maximum Gasteiger partial charge on any atom is 0.119 e. The Morgan fingerprint density at radius 2 is 2.05 bits per heavy atom. The van der Waals surface area contributed by atoms with E-state index in [1.165, 1.54) is 12.0 Å². The molecule has 0 spiro atoms. The minimum Gasteiger partial charge on any atom is -0.490 e. The van der Waals surface area contributed by atoms with Crippen LogP contribution in [0.2, 0.25) is 0 Å². The minimum absolute atomic E-state index is 0.166. The van der Waals surface area contributed by atoms with Crippen LogP contribution in [-0.2, 0) is 6.42 Å². The molecule has 1 fully saturated rings. The number of hydrogen-bond donors (Lipinski definition) is 2. The van der Waals surface area contributed by atoms with Crippen molar-refractivity contribution < 1.29 is 9.84 Å². The summed E-state index contributed by atoms with van der Waals surface area (Å²) < 4.78 is 6.10. The number of aliphatic hydroxyl groups excluding tert-OH is 1. The number of benzene rings is 1. The molecule has 1 aliphatic rings. The van der Waals surface area contributed by atoms with Crippen LogP contribution < -0.4 is 10.1 Å². The van der Waals surface area contributed by atoms with Gasteiger partial charge in [0.1, 0.15) is 11.9 Å². The summed E-state index contributed by atoms with van der Waals surface area (Å²) in [4.78, 5) is 0. The Balaban J connectivity index is 1.92.